The summed E-state index contributed by atoms with van der Waals surface area (Å²) in [6.07, 6.45) is -1.03. The summed E-state index contributed by atoms with van der Waals surface area (Å²) in [5.41, 5.74) is 0.899. The van der Waals surface area contributed by atoms with Crippen LogP contribution in [0.4, 0.5) is 0 Å². The van der Waals surface area contributed by atoms with E-state index in [1.165, 1.54) is 0 Å². The molecule has 1 fully saturated rings. The molecule has 0 saturated carbocycles. The van der Waals surface area contributed by atoms with E-state index in [9.17, 15) is 14.4 Å². The van der Waals surface area contributed by atoms with Crippen LogP contribution in [0.5, 0.6) is 0 Å². The molecule has 23 heavy (non-hydrogen) atoms. The number of nitrogens with one attached hydrogen (secondary N) is 2. The zero-order valence-electron chi connectivity index (χ0n) is 12.8. The number of rotatable bonds is 8. The fourth-order valence-corrected chi connectivity index (χ4v) is 2.18. The normalized spacial score (nSPS) is 20.4. The maximum Gasteiger partial charge on any atom is 0.336 e. The van der Waals surface area contributed by atoms with Crippen molar-refractivity contribution >= 4 is 17.8 Å². The Morgan fingerprint density at radius 2 is 1.91 bits per heavy atom. The SMILES string of the molecule is CCCNC(=O)C(Cc1ccccc1)NC(=O)[C@H]1O[C@@H]1C(=O)O. The third kappa shape index (κ3) is 4.79. The Labute approximate surface area is 134 Å². The third-order valence-corrected chi connectivity index (χ3v) is 3.46. The van der Waals surface area contributed by atoms with Crippen LogP contribution in [0, 0.1) is 0 Å². The van der Waals surface area contributed by atoms with Crippen molar-refractivity contribution in [2.45, 2.75) is 38.0 Å². The van der Waals surface area contributed by atoms with Crippen LogP contribution in [0.15, 0.2) is 30.3 Å². The number of carboxylic acids is 1. The van der Waals surface area contributed by atoms with Gasteiger partial charge in [-0.3, -0.25) is 9.59 Å². The van der Waals surface area contributed by atoms with Crippen LogP contribution in [0.25, 0.3) is 0 Å². The molecule has 3 atom stereocenters. The van der Waals surface area contributed by atoms with Crippen LogP contribution in [-0.4, -0.2) is 47.7 Å². The molecule has 1 aromatic carbocycles. The van der Waals surface area contributed by atoms with Crippen molar-refractivity contribution in [1.29, 1.82) is 0 Å². The highest BCUT2D eigenvalue weighted by molar-refractivity contribution is 5.95. The molecule has 7 heteroatoms. The van der Waals surface area contributed by atoms with Gasteiger partial charge in [-0.05, 0) is 12.0 Å². The molecule has 3 N–H and O–H groups in total. The van der Waals surface area contributed by atoms with Crippen molar-refractivity contribution in [2.75, 3.05) is 6.54 Å². The van der Waals surface area contributed by atoms with Crippen LogP contribution in [0.1, 0.15) is 18.9 Å². The van der Waals surface area contributed by atoms with Crippen LogP contribution in [-0.2, 0) is 25.5 Å². The maximum absolute atomic E-state index is 12.2. The maximum atomic E-state index is 12.2. The van der Waals surface area contributed by atoms with Crippen LogP contribution in [0.3, 0.4) is 0 Å². The highest BCUT2D eigenvalue weighted by Gasteiger charge is 2.51. The monoisotopic (exact) mass is 320 g/mol. The smallest absolute Gasteiger partial charge is 0.336 e. The van der Waals surface area contributed by atoms with Crippen LogP contribution < -0.4 is 10.6 Å². The van der Waals surface area contributed by atoms with Crippen molar-refractivity contribution in [3.05, 3.63) is 35.9 Å². The summed E-state index contributed by atoms with van der Waals surface area (Å²) >= 11 is 0. The molecule has 1 heterocycles. The minimum atomic E-state index is -1.18. The predicted molar refractivity (Wildman–Crippen MR) is 81.7 cm³/mol. The summed E-state index contributed by atoms with van der Waals surface area (Å²) in [5.74, 6) is -2.05. The molecule has 0 radical (unpaired) electrons. The summed E-state index contributed by atoms with van der Waals surface area (Å²) in [6.45, 7) is 2.44. The lowest BCUT2D eigenvalue weighted by Crippen LogP contribution is -2.49. The van der Waals surface area contributed by atoms with Crippen molar-refractivity contribution < 1.29 is 24.2 Å². The van der Waals surface area contributed by atoms with Crippen molar-refractivity contribution in [3.8, 4) is 0 Å². The second kappa shape index (κ2) is 7.73. The fourth-order valence-electron chi connectivity index (χ4n) is 2.18. The first-order chi connectivity index (χ1) is 11.0. The van der Waals surface area contributed by atoms with Crippen LogP contribution >= 0.6 is 0 Å². The van der Waals surface area contributed by atoms with Gasteiger partial charge in [0.1, 0.15) is 6.04 Å². The quantitative estimate of drug-likeness (QED) is 0.588. The third-order valence-electron chi connectivity index (χ3n) is 3.46. The molecule has 2 rings (SSSR count). The first kappa shape index (κ1) is 17.0. The molecule has 1 saturated heterocycles. The molecule has 1 unspecified atom stereocenters. The van der Waals surface area contributed by atoms with Crippen LogP contribution in [0.2, 0.25) is 0 Å². The summed E-state index contributed by atoms with van der Waals surface area (Å²) in [7, 11) is 0. The topological polar surface area (TPSA) is 108 Å². The van der Waals surface area contributed by atoms with Gasteiger partial charge < -0.3 is 20.5 Å². The van der Waals surface area contributed by atoms with E-state index in [4.69, 9.17) is 9.84 Å². The number of ether oxygens (including phenoxy) is 1. The molecule has 1 aromatic rings. The van der Waals surface area contributed by atoms with Gasteiger partial charge in [-0.2, -0.15) is 0 Å². The van der Waals surface area contributed by atoms with Gasteiger partial charge in [0.05, 0.1) is 0 Å². The number of epoxide rings is 1. The van der Waals surface area contributed by atoms with Crippen molar-refractivity contribution in [2.24, 2.45) is 0 Å². The van der Waals surface area contributed by atoms with Gasteiger partial charge in [0.2, 0.25) is 5.91 Å². The molecule has 124 valence electrons. The standard InChI is InChI=1S/C16H20N2O5/c1-2-8-17-14(19)11(9-10-6-4-3-5-7-10)18-15(20)12-13(23-12)16(21)22/h3-7,11-13H,2,8-9H2,1H3,(H,17,19)(H,18,20)(H,21,22)/t11?,12-,13-/m0/s1. The zero-order valence-corrected chi connectivity index (χ0v) is 12.8. The van der Waals surface area contributed by atoms with E-state index in [2.05, 4.69) is 10.6 Å². The summed E-state index contributed by atoms with van der Waals surface area (Å²) in [5, 5.41) is 14.1. The summed E-state index contributed by atoms with van der Waals surface area (Å²) in [6, 6.07) is 8.52. The number of amides is 2. The van der Waals surface area contributed by atoms with Gasteiger partial charge in [0, 0.05) is 13.0 Å². The van der Waals surface area contributed by atoms with Gasteiger partial charge in [-0.1, -0.05) is 37.3 Å². The highest BCUT2D eigenvalue weighted by atomic mass is 16.6. The molecule has 1 aliphatic rings. The van der Waals surface area contributed by atoms with E-state index in [0.29, 0.717) is 13.0 Å². The molecule has 1 aliphatic heterocycles. The Morgan fingerprint density at radius 3 is 2.48 bits per heavy atom. The number of carboxylic acid groups (broad SMARTS) is 1. The molecular weight excluding hydrogens is 300 g/mol. The first-order valence-corrected chi connectivity index (χ1v) is 7.53. The lowest BCUT2D eigenvalue weighted by molar-refractivity contribution is -0.138. The Balaban J connectivity index is 2.00. The molecule has 7 nitrogen and oxygen atoms in total. The molecule has 0 aliphatic carbocycles. The van der Waals surface area contributed by atoms with Gasteiger partial charge >= 0.3 is 5.97 Å². The minimum absolute atomic E-state index is 0.295. The van der Waals surface area contributed by atoms with E-state index < -0.39 is 30.1 Å². The number of hydrogen-bond donors (Lipinski definition) is 3. The van der Waals surface area contributed by atoms with E-state index in [1.807, 2.05) is 37.3 Å². The molecular formula is C16H20N2O5. The lowest BCUT2D eigenvalue weighted by Gasteiger charge is -2.18. The Hall–Kier alpha value is -2.41. The fraction of sp³-hybridized carbons (Fsp3) is 0.438. The second-order valence-electron chi connectivity index (χ2n) is 5.36. The highest BCUT2D eigenvalue weighted by Crippen LogP contribution is 2.22. The average molecular weight is 320 g/mol. The number of aliphatic carboxylic acids is 1. The van der Waals surface area contributed by atoms with E-state index in [1.54, 1.807) is 0 Å². The minimum Gasteiger partial charge on any atom is -0.479 e. The van der Waals surface area contributed by atoms with Crippen molar-refractivity contribution in [1.82, 2.24) is 10.6 Å². The molecule has 0 spiro atoms. The summed E-state index contributed by atoms with van der Waals surface area (Å²) < 4.78 is 4.81. The van der Waals surface area contributed by atoms with E-state index in [-0.39, 0.29) is 5.91 Å². The first-order valence-electron chi connectivity index (χ1n) is 7.53. The van der Waals surface area contributed by atoms with Crippen molar-refractivity contribution in [3.63, 3.8) is 0 Å². The second-order valence-corrected chi connectivity index (χ2v) is 5.36. The molecule has 2 amide bonds. The number of carbonyl (C=O) groups is 3. The molecule has 0 aromatic heterocycles. The number of carbonyl (C=O) groups excluding carboxylic acids is 2. The number of hydrogen-bond acceptors (Lipinski definition) is 4. The Morgan fingerprint density at radius 1 is 1.22 bits per heavy atom. The van der Waals surface area contributed by atoms with Gasteiger partial charge in [-0.15, -0.1) is 0 Å². The zero-order chi connectivity index (χ0) is 16.8. The molecule has 0 bridgehead atoms. The van der Waals surface area contributed by atoms with Gasteiger partial charge in [0.15, 0.2) is 12.2 Å². The predicted octanol–water partition coefficient (Wildman–Crippen LogP) is 0.0921. The lowest BCUT2D eigenvalue weighted by atomic mass is 10.0. The Bertz CT molecular complexity index is 575. The number of benzene rings is 1. The van der Waals surface area contributed by atoms with E-state index >= 15 is 0 Å². The average Bonchev–Trinajstić information content (AvgIpc) is 3.34. The summed E-state index contributed by atoms with van der Waals surface area (Å²) in [4.78, 5) is 35.0. The van der Waals surface area contributed by atoms with Gasteiger partial charge in [-0.25, -0.2) is 4.79 Å². The van der Waals surface area contributed by atoms with Gasteiger partial charge in [0.25, 0.3) is 5.91 Å². The van der Waals surface area contributed by atoms with E-state index in [0.717, 1.165) is 12.0 Å². The largest absolute Gasteiger partial charge is 0.479 e. The Kier molecular flexibility index (Phi) is 5.70.